The third-order valence-corrected chi connectivity index (χ3v) is 2.99. The SMILES string of the molecule is CCOC(=O)c1cccnc1NC(=O)COc1ccccc1OC. The standard InChI is InChI=1S/C17H18N2O5/c1-3-23-17(21)12-7-6-10-18-16(12)19-15(20)11-24-14-9-5-4-8-13(14)22-2/h4-10H,3,11H2,1-2H3,(H,18,19,20). The van der Waals surface area contributed by atoms with Crippen molar-refractivity contribution in [3.63, 3.8) is 0 Å². The molecule has 0 fully saturated rings. The van der Waals surface area contributed by atoms with Crippen molar-refractivity contribution in [2.45, 2.75) is 6.92 Å². The highest BCUT2D eigenvalue weighted by atomic mass is 16.5. The molecule has 1 aromatic carbocycles. The van der Waals surface area contributed by atoms with Gasteiger partial charge < -0.3 is 19.5 Å². The van der Waals surface area contributed by atoms with E-state index in [1.807, 2.05) is 0 Å². The highest BCUT2D eigenvalue weighted by molar-refractivity contribution is 6.00. The van der Waals surface area contributed by atoms with Crippen LogP contribution in [0, 0.1) is 0 Å². The fraction of sp³-hybridized carbons (Fsp3) is 0.235. The molecule has 0 saturated heterocycles. The zero-order chi connectivity index (χ0) is 17.4. The number of ether oxygens (including phenoxy) is 3. The van der Waals surface area contributed by atoms with Crippen LogP contribution in [0.25, 0.3) is 0 Å². The Kier molecular flexibility index (Phi) is 6.13. The van der Waals surface area contributed by atoms with E-state index in [-0.39, 0.29) is 24.6 Å². The number of carbonyl (C=O) groups is 2. The Balaban J connectivity index is 2.01. The molecule has 0 bridgehead atoms. The van der Waals surface area contributed by atoms with Crippen molar-refractivity contribution < 1.29 is 23.8 Å². The van der Waals surface area contributed by atoms with E-state index in [1.54, 1.807) is 37.3 Å². The molecule has 1 N–H and O–H groups in total. The molecular weight excluding hydrogens is 312 g/mol. The number of para-hydroxylation sites is 2. The first-order chi connectivity index (χ1) is 11.7. The summed E-state index contributed by atoms with van der Waals surface area (Å²) < 4.78 is 15.5. The van der Waals surface area contributed by atoms with Crippen LogP contribution in [0.15, 0.2) is 42.6 Å². The van der Waals surface area contributed by atoms with Crippen LogP contribution in [0.4, 0.5) is 5.82 Å². The van der Waals surface area contributed by atoms with Gasteiger partial charge in [0, 0.05) is 6.20 Å². The highest BCUT2D eigenvalue weighted by Crippen LogP contribution is 2.25. The summed E-state index contributed by atoms with van der Waals surface area (Å²) in [5.41, 5.74) is 0.185. The predicted molar refractivity (Wildman–Crippen MR) is 87.3 cm³/mol. The van der Waals surface area contributed by atoms with Gasteiger partial charge in [0.1, 0.15) is 11.4 Å². The van der Waals surface area contributed by atoms with E-state index in [9.17, 15) is 9.59 Å². The summed E-state index contributed by atoms with van der Waals surface area (Å²) in [6.07, 6.45) is 1.47. The first-order valence-electron chi connectivity index (χ1n) is 7.33. The number of pyridine rings is 1. The van der Waals surface area contributed by atoms with E-state index in [1.165, 1.54) is 19.4 Å². The number of amides is 1. The fourth-order valence-electron chi connectivity index (χ4n) is 1.93. The Hall–Kier alpha value is -3.09. The molecule has 0 radical (unpaired) electrons. The van der Waals surface area contributed by atoms with Crippen molar-refractivity contribution in [3.8, 4) is 11.5 Å². The number of hydrogen-bond acceptors (Lipinski definition) is 6. The van der Waals surface area contributed by atoms with E-state index >= 15 is 0 Å². The topological polar surface area (TPSA) is 86.8 Å². The average molecular weight is 330 g/mol. The van der Waals surface area contributed by atoms with Gasteiger partial charge in [0.2, 0.25) is 0 Å². The van der Waals surface area contributed by atoms with Crippen LogP contribution in [0.3, 0.4) is 0 Å². The number of nitrogens with one attached hydrogen (secondary N) is 1. The van der Waals surface area contributed by atoms with Crippen LogP contribution >= 0.6 is 0 Å². The second-order valence-corrected chi connectivity index (χ2v) is 4.61. The molecule has 126 valence electrons. The number of methoxy groups -OCH3 is 1. The van der Waals surface area contributed by atoms with Crippen molar-refractivity contribution in [1.29, 1.82) is 0 Å². The van der Waals surface area contributed by atoms with E-state index in [2.05, 4.69) is 10.3 Å². The number of hydrogen-bond donors (Lipinski definition) is 1. The monoisotopic (exact) mass is 330 g/mol. The molecule has 1 amide bonds. The molecule has 0 unspecified atom stereocenters. The Morgan fingerprint density at radius 2 is 1.88 bits per heavy atom. The molecule has 2 aromatic rings. The van der Waals surface area contributed by atoms with Gasteiger partial charge in [-0.25, -0.2) is 9.78 Å². The van der Waals surface area contributed by atoms with Gasteiger partial charge in [0.05, 0.1) is 13.7 Å². The number of benzene rings is 1. The van der Waals surface area contributed by atoms with Gasteiger partial charge in [-0.3, -0.25) is 4.79 Å². The lowest BCUT2D eigenvalue weighted by Gasteiger charge is -2.11. The molecule has 0 atom stereocenters. The van der Waals surface area contributed by atoms with E-state index in [0.29, 0.717) is 11.5 Å². The van der Waals surface area contributed by atoms with Crippen LogP contribution in [0.5, 0.6) is 11.5 Å². The largest absolute Gasteiger partial charge is 0.493 e. The van der Waals surface area contributed by atoms with Gasteiger partial charge in [-0.2, -0.15) is 0 Å². The molecule has 0 aliphatic rings. The normalized spacial score (nSPS) is 9.92. The number of nitrogens with zero attached hydrogens (tertiary/aromatic N) is 1. The zero-order valence-electron chi connectivity index (χ0n) is 13.4. The maximum atomic E-state index is 12.0. The summed E-state index contributed by atoms with van der Waals surface area (Å²) in [6, 6.07) is 10.1. The Labute approximate surface area is 139 Å². The zero-order valence-corrected chi connectivity index (χ0v) is 13.4. The summed E-state index contributed by atoms with van der Waals surface area (Å²) in [4.78, 5) is 27.9. The molecule has 0 saturated carbocycles. The van der Waals surface area contributed by atoms with Gasteiger partial charge in [-0.05, 0) is 31.2 Å². The van der Waals surface area contributed by atoms with Crippen molar-refractivity contribution in [1.82, 2.24) is 4.98 Å². The molecule has 7 heteroatoms. The van der Waals surface area contributed by atoms with Crippen molar-refractivity contribution in [3.05, 3.63) is 48.2 Å². The number of rotatable bonds is 7. The Bertz CT molecular complexity index is 718. The van der Waals surface area contributed by atoms with Crippen LogP contribution in [0.2, 0.25) is 0 Å². The quantitative estimate of drug-likeness (QED) is 0.784. The average Bonchev–Trinajstić information content (AvgIpc) is 2.61. The summed E-state index contributed by atoms with van der Waals surface area (Å²) in [5.74, 6) is 0.0958. The summed E-state index contributed by atoms with van der Waals surface area (Å²) in [6.45, 7) is 1.69. The second-order valence-electron chi connectivity index (χ2n) is 4.61. The maximum absolute atomic E-state index is 12.0. The summed E-state index contributed by atoms with van der Waals surface area (Å²) >= 11 is 0. The van der Waals surface area contributed by atoms with E-state index in [0.717, 1.165) is 0 Å². The number of carbonyl (C=O) groups excluding carboxylic acids is 2. The molecule has 0 aliphatic carbocycles. The van der Waals surface area contributed by atoms with Gasteiger partial charge in [-0.15, -0.1) is 0 Å². The first kappa shape index (κ1) is 17.3. The summed E-state index contributed by atoms with van der Waals surface area (Å²) in [5, 5.41) is 2.54. The first-order valence-corrected chi connectivity index (χ1v) is 7.33. The molecular formula is C17H18N2O5. The lowest BCUT2D eigenvalue weighted by atomic mass is 10.2. The maximum Gasteiger partial charge on any atom is 0.341 e. The van der Waals surface area contributed by atoms with Crippen LogP contribution in [-0.2, 0) is 9.53 Å². The summed E-state index contributed by atoms with van der Waals surface area (Å²) in [7, 11) is 1.52. The van der Waals surface area contributed by atoms with Crippen molar-refractivity contribution >= 4 is 17.7 Å². The lowest BCUT2D eigenvalue weighted by Crippen LogP contribution is -2.22. The van der Waals surface area contributed by atoms with Crippen LogP contribution in [-0.4, -0.2) is 37.2 Å². The molecule has 1 aromatic heterocycles. The number of esters is 1. The van der Waals surface area contributed by atoms with Gasteiger partial charge in [0.15, 0.2) is 18.1 Å². The van der Waals surface area contributed by atoms with Crippen LogP contribution in [0.1, 0.15) is 17.3 Å². The van der Waals surface area contributed by atoms with Crippen molar-refractivity contribution in [2.24, 2.45) is 0 Å². The van der Waals surface area contributed by atoms with Gasteiger partial charge >= 0.3 is 5.97 Å². The van der Waals surface area contributed by atoms with E-state index in [4.69, 9.17) is 14.2 Å². The minimum atomic E-state index is -0.549. The Morgan fingerprint density at radius 1 is 1.12 bits per heavy atom. The van der Waals surface area contributed by atoms with Crippen LogP contribution < -0.4 is 14.8 Å². The number of anilines is 1. The molecule has 0 aliphatic heterocycles. The van der Waals surface area contributed by atoms with Gasteiger partial charge in [-0.1, -0.05) is 12.1 Å². The molecule has 2 rings (SSSR count). The Morgan fingerprint density at radius 3 is 2.58 bits per heavy atom. The molecule has 24 heavy (non-hydrogen) atoms. The molecule has 0 spiro atoms. The highest BCUT2D eigenvalue weighted by Gasteiger charge is 2.16. The number of aromatic nitrogens is 1. The van der Waals surface area contributed by atoms with E-state index < -0.39 is 11.9 Å². The smallest absolute Gasteiger partial charge is 0.341 e. The lowest BCUT2D eigenvalue weighted by molar-refractivity contribution is -0.118. The fourth-order valence-corrected chi connectivity index (χ4v) is 1.93. The third kappa shape index (κ3) is 4.45. The van der Waals surface area contributed by atoms with Crippen molar-refractivity contribution in [2.75, 3.05) is 25.6 Å². The second kappa shape index (κ2) is 8.52. The minimum Gasteiger partial charge on any atom is -0.493 e. The van der Waals surface area contributed by atoms with Gasteiger partial charge in [0.25, 0.3) is 5.91 Å². The molecule has 7 nitrogen and oxygen atoms in total. The third-order valence-electron chi connectivity index (χ3n) is 2.99. The molecule has 1 heterocycles. The predicted octanol–water partition coefficient (Wildman–Crippen LogP) is 2.28. The minimum absolute atomic E-state index is 0.129.